The number of anilines is 2. The minimum Gasteiger partial charge on any atom is -0.481 e. The van der Waals surface area contributed by atoms with Crippen molar-refractivity contribution in [2.24, 2.45) is 7.05 Å². The summed E-state index contributed by atoms with van der Waals surface area (Å²) in [7, 11) is 1.71. The van der Waals surface area contributed by atoms with Gasteiger partial charge in [-0.2, -0.15) is 5.10 Å². The van der Waals surface area contributed by atoms with Crippen LogP contribution in [0.1, 0.15) is 59.3 Å². The van der Waals surface area contributed by atoms with E-state index in [1.165, 1.54) is 23.1 Å². The highest BCUT2D eigenvalue weighted by Crippen LogP contribution is 2.33. The van der Waals surface area contributed by atoms with Crippen LogP contribution < -0.4 is 10.2 Å². The highest BCUT2D eigenvalue weighted by Gasteiger charge is 2.26. The van der Waals surface area contributed by atoms with Crippen molar-refractivity contribution in [3.8, 4) is 11.1 Å². The number of carbonyl (C=O) groups excluding carboxylic acids is 2. The van der Waals surface area contributed by atoms with Crippen LogP contribution in [0.2, 0.25) is 0 Å². The molecule has 4 aromatic rings. The van der Waals surface area contributed by atoms with E-state index in [9.17, 15) is 23.9 Å². The van der Waals surface area contributed by atoms with Gasteiger partial charge in [-0.3, -0.25) is 19.1 Å². The third-order valence-corrected chi connectivity index (χ3v) is 8.07. The van der Waals surface area contributed by atoms with Crippen molar-refractivity contribution >= 4 is 29.2 Å². The second-order valence-corrected chi connectivity index (χ2v) is 12.7. The number of nitrogens with zero attached hydrogens (tertiary/aromatic N) is 4. The van der Waals surface area contributed by atoms with E-state index in [2.05, 4.69) is 15.3 Å². The van der Waals surface area contributed by atoms with Gasteiger partial charge in [0.15, 0.2) is 0 Å². The molecule has 0 aliphatic carbocycles. The number of carboxylic acid groups (broad SMARTS) is 1. The van der Waals surface area contributed by atoms with Gasteiger partial charge < -0.3 is 25.0 Å². The highest BCUT2D eigenvalue weighted by molar-refractivity contribution is 6.06. The van der Waals surface area contributed by atoms with E-state index in [1.54, 1.807) is 23.9 Å². The fraction of sp³-hybridized carbons (Fsp3) is 0.333. The normalized spacial score (nSPS) is 13.3. The third-order valence-electron chi connectivity index (χ3n) is 8.07. The average molecular weight is 642 g/mol. The molecule has 2 heterocycles. The molecule has 2 amide bonds. The topological polar surface area (TPSA) is 117 Å². The minimum atomic E-state index is -0.995. The Morgan fingerprint density at radius 3 is 2.38 bits per heavy atom. The summed E-state index contributed by atoms with van der Waals surface area (Å²) in [6.07, 6.45) is -0.202. The van der Waals surface area contributed by atoms with E-state index >= 15 is 0 Å². The summed E-state index contributed by atoms with van der Waals surface area (Å²) >= 11 is 0. The standard InChI is InChI=1S/C36H40FN5O5/c1-36(2,3)32-22-31(40(4)39-32)35(46)42(14-13-33(43)44)23-24-7-5-8-25(19-24)26-11-12-30(41-15-17-47-18-16-41)29(21-26)38-34(45)27-9-6-10-28(37)20-27/h5-12,19-22H,13-18,23H2,1-4H3,(H,38,45)(H,43,44). The molecule has 0 spiro atoms. The molecule has 1 saturated heterocycles. The number of nitrogens with one attached hydrogen (secondary N) is 1. The zero-order valence-corrected chi connectivity index (χ0v) is 27.1. The first-order valence-electron chi connectivity index (χ1n) is 15.6. The lowest BCUT2D eigenvalue weighted by atomic mass is 9.92. The van der Waals surface area contributed by atoms with Crippen molar-refractivity contribution in [2.75, 3.05) is 43.1 Å². The predicted octanol–water partition coefficient (Wildman–Crippen LogP) is 5.73. The van der Waals surface area contributed by atoms with Gasteiger partial charge in [-0.25, -0.2) is 4.39 Å². The summed E-state index contributed by atoms with van der Waals surface area (Å²) in [5, 5.41) is 16.9. The fourth-order valence-corrected chi connectivity index (χ4v) is 5.47. The summed E-state index contributed by atoms with van der Waals surface area (Å²) in [5.41, 5.74) is 4.98. The van der Waals surface area contributed by atoms with E-state index in [-0.39, 0.29) is 36.4 Å². The molecule has 3 aromatic carbocycles. The SMILES string of the molecule is Cn1nc(C(C)(C)C)cc1C(=O)N(CCC(=O)O)Cc1cccc(-c2ccc(N3CCOCC3)c(NC(=O)c3cccc(F)c3)c2)c1. The number of amides is 2. The predicted molar refractivity (Wildman–Crippen MR) is 178 cm³/mol. The Kier molecular flexibility index (Phi) is 10.0. The Morgan fingerprint density at radius 1 is 0.979 bits per heavy atom. The number of hydrogen-bond donors (Lipinski definition) is 2. The highest BCUT2D eigenvalue weighted by atomic mass is 19.1. The fourth-order valence-electron chi connectivity index (χ4n) is 5.47. The summed E-state index contributed by atoms with van der Waals surface area (Å²) in [4.78, 5) is 42.1. The second-order valence-electron chi connectivity index (χ2n) is 12.7. The monoisotopic (exact) mass is 641 g/mol. The summed E-state index contributed by atoms with van der Waals surface area (Å²) in [5.74, 6) is -2.22. The molecule has 1 aliphatic heterocycles. The maximum Gasteiger partial charge on any atom is 0.305 e. The average Bonchev–Trinajstić information content (AvgIpc) is 3.45. The van der Waals surface area contributed by atoms with Crippen molar-refractivity contribution in [1.82, 2.24) is 14.7 Å². The first kappa shape index (κ1) is 33.3. The van der Waals surface area contributed by atoms with Crippen LogP contribution in [0.25, 0.3) is 11.1 Å². The number of benzene rings is 3. The van der Waals surface area contributed by atoms with E-state index < -0.39 is 17.7 Å². The molecule has 0 atom stereocenters. The van der Waals surface area contributed by atoms with Crippen molar-refractivity contribution in [2.45, 2.75) is 39.2 Å². The molecule has 1 aliphatic rings. The van der Waals surface area contributed by atoms with E-state index in [4.69, 9.17) is 4.74 Å². The van der Waals surface area contributed by atoms with Gasteiger partial charge in [0.25, 0.3) is 11.8 Å². The number of morpholine rings is 1. The summed E-state index contributed by atoms with van der Waals surface area (Å²) in [6.45, 7) is 8.71. The molecule has 2 N–H and O–H groups in total. The molecule has 0 saturated carbocycles. The van der Waals surface area contributed by atoms with Crippen LogP contribution in [0, 0.1) is 5.82 Å². The van der Waals surface area contributed by atoms with Gasteiger partial charge in [0.05, 0.1) is 36.7 Å². The third kappa shape index (κ3) is 8.23. The number of rotatable bonds is 10. The van der Waals surface area contributed by atoms with Crippen molar-refractivity contribution < 1.29 is 28.6 Å². The van der Waals surface area contributed by atoms with Crippen molar-refractivity contribution in [3.05, 3.63) is 101 Å². The molecule has 1 fully saturated rings. The Labute approximate surface area is 273 Å². The number of aromatic nitrogens is 2. The Morgan fingerprint density at radius 2 is 1.70 bits per heavy atom. The van der Waals surface area contributed by atoms with Gasteiger partial charge >= 0.3 is 5.97 Å². The Bertz CT molecular complexity index is 1770. The van der Waals surface area contributed by atoms with Gasteiger partial charge in [-0.05, 0) is 59.2 Å². The number of carboxylic acids is 1. The zero-order chi connectivity index (χ0) is 33.7. The molecular formula is C36H40FN5O5. The molecule has 47 heavy (non-hydrogen) atoms. The van der Waals surface area contributed by atoms with E-state index in [0.29, 0.717) is 37.7 Å². The number of hydrogen-bond acceptors (Lipinski definition) is 6. The van der Waals surface area contributed by atoms with Gasteiger partial charge in [0.2, 0.25) is 0 Å². The van der Waals surface area contributed by atoms with Crippen LogP contribution in [0.5, 0.6) is 0 Å². The maximum absolute atomic E-state index is 13.9. The van der Waals surface area contributed by atoms with Gasteiger partial charge in [-0.1, -0.05) is 51.1 Å². The lowest BCUT2D eigenvalue weighted by Crippen LogP contribution is -2.36. The number of aliphatic carboxylic acids is 1. The van der Waals surface area contributed by atoms with E-state index in [0.717, 1.165) is 28.1 Å². The second kappa shape index (κ2) is 14.2. The molecule has 0 radical (unpaired) electrons. The van der Waals surface area contributed by atoms with Gasteiger partial charge in [-0.15, -0.1) is 0 Å². The van der Waals surface area contributed by atoms with Crippen molar-refractivity contribution in [1.29, 1.82) is 0 Å². The van der Waals surface area contributed by atoms with Crippen LogP contribution >= 0.6 is 0 Å². The number of ether oxygens (including phenoxy) is 1. The van der Waals surface area contributed by atoms with Gasteiger partial charge in [0.1, 0.15) is 11.5 Å². The lowest BCUT2D eigenvalue weighted by Gasteiger charge is -2.31. The number of halogens is 1. The minimum absolute atomic E-state index is 0.0267. The number of aryl methyl sites for hydroxylation is 1. The largest absolute Gasteiger partial charge is 0.481 e. The number of carbonyl (C=O) groups is 3. The molecule has 11 heteroatoms. The van der Waals surface area contributed by atoms with Crippen LogP contribution in [-0.4, -0.2) is 70.4 Å². The lowest BCUT2D eigenvalue weighted by molar-refractivity contribution is -0.137. The molecule has 246 valence electrons. The quantitative estimate of drug-likeness (QED) is 0.227. The van der Waals surface area contributed by atoms with Gasteiger partial charge in [0, 0.05) is 44.2 Å². The van der Waals surface area contributed by atoms with Crippen LogP contribution in [-0.2, 0) is 28.5 Å². The molecule has 10 nitrogen and oxygen atoms in total. The smallest absolute Gasteiger partial charge is 0.305 e. The van der Waals surface area contributed by atoms with Crippen LogP contribution in [0.3, 0.4) is 0 Å². The van der Waals surface area contributed by atoms with Crippen LogP contribution in [0.4, 0.5) is 15.8 Å². The molecule has 1 aromatic heterocycles. The molecule has 0 unspecified atom stereocenters. The van der Waals surface area contributed by atoms with E-state index in [1.807, 2.05) is 63.2 Å². The summed E-state index contributed by atoms with van der Waals surface area (Å²) < 4.78 is 21.0. The first-order valence-corrected chi connectivity index (χ1v) is 15.6. The van der Waals surface area contributed by atoms with Crippen LogP contribution in [0.15, 0.2) is 72.8 Å². The molecule has 0 bridgehead atoms. The first-order chi connectivity index (χ1) is 22.4. The molecular weight excluding hydrogens is 601 g/mol. The van der Waals surface area contributed by atoms with Crippen molar-refractivity contribution in [3.63, 3.8) is 0 Å². The summed E-state index contributed by atoms with van der Waals surface area (Å²) in [6, 6.07) is 20.8. The zero-order valence-electron chi connectivity index (χ0n) is 27.1. The molecule has 5 rings (SSSR count). The Balaban J connectivity index is 1.45. The Hall–Kier alpha value is -5.03. The maximum atomic E-state index is 13.9.